The van der Waals surface area contributed by atoms with Crippen LogP contribution in [-0.2, 0) is 6.54 Å². The van der Waals surface area contributed by atoms with E-state index in [9.17, 15) is 4.79 Å². The summed E-state index contributed by atoms with van der Waals surface area (Å²) in [7, 11) is 0. The number of aryl methyl sites for hydroxylation is 1. The van der Waals surface area contributed by atoms with Crippen LogP contribution >= 0.6 is 11.3 Å². The Morgan fingerprint density at radius 1 is 1.30 bits per heavy atom. The van der Waals surface area contributed by atoms with E-state index >= 15 is 0 Å². The van der Waals surface area contributed by atoms with Gasteiger partial charge in [0, 0.05) is 11.1 Å². The molecule has 0 fully saturated rings. The van der Waals surface area contributed by atoms with Gasteiger partial charge >= 0.3 is 0 Å². The van der Waals surface area contributed by atoms with Crippen molar-refractivity contribution in [2.75, 3.05) is 0 Å². The van der Waals surface area contributed by atoms with Crippen molar-refractivity contribution in [1.29, 1.82) is 0 Å². The summed E-state index contributed by atoms with van der Waals surface area (Å²) in [6, 6.07) is 7.55. The molecule has 9 heteroatoms. The van der Waals surface area contributed by atoms with E-state index in [1.54, 1.807) is 35.2 Å². The predicted molar refractivity (Wildman–Crippen MR) is 99.6 cm³/mol. The van der Waals surface area contributed by atoms with Gasteiger partial charge in [-0.3, -0.25) is 4.79 Å². The minimum absolute atomic E-state index is 0.182. The van der Waals surface area contributed by atoms with Crippen molar-refractivity contribution >= 4 is 17.2 Å². The summed E-state index contributed by atoms with van der Waals surface area (Å²) < 4.78 is 6.87. The third kappa shape index (κ3) is 3.36. The summed E-state index contributed by atoms with van der Waals surface area (Å²) in [5.41, 5.74) is 1.81. The number of amides is 1. The molecule has 0 atom stereocenters. The highest BCUT2D eigenvalue weighted by Gasteiger charge is 2.20. The quantitative estimate of drug-likeness (QED) is 0.571. The molecule has 0 aliphatic heterocycles. The van der Waals surface area contributed by atoms with E-state index in [2.05, 4.69) is 25.5 Å². The van der Waals surface area contributed by atoms with Gasteiger partial charge in [0.15, 0.2) is 11.6 Å². The highest BCUT2D eigenvalue weighted by atomic mass is 32.1. The molecule has 0 spiro atoms. The molecule has 1 N–H and O–H groups in total. The van der Waals surface area contributed by atoms with Crippen LogP contribution in [0.3, 0.4) is 0 Å². The molecule has 0 aromatic carbocycles. The van der Waals surface area contributed by atoms with E-state index in [1.807, 2.05) is 30.5 Å². The zero-order chi connectivity index (χ0) is 18.8. The Kier molecular flexibility index (Phi) is 4.51. The Labute approximate surface area is 158 Å². The number of aromatic nitrogens is 5. The van der Waals surface area contributed by atoms with Crippen LogP contribution < -0.4 is 5.32 Å². The third-order valence-corrected chi connectivity index (χ3v) is 4.88. The van der Waals surface area contributed by atoms with Crippen LogP contribution in [0.25, 0.3) is 17.3 Å². The van der Waals surface area contributed by atoms with Gasteiger partial charge in [0.2, 0.25) is 0 Å². The monoisotopic (exact) mass is 380 g/mol. The average molecular weight is 380 g/mol. The van der Waals surface area contributed by atoms with Crippen molar-refractivity contribution < 1.29 is 9.32 Å². The number of hydrogen-bond donors (Lipinski definition) is 1. The van der Waals surface area contributed by atoms with Gasteiger partial charge in [0.1, 0.15) is 0 Å². The third-order valence-electron chi connectivity index (χ3n) is 4.00. The topological polar surface area (TPSA) is 98.7 Å². The van der Waals surface area contributed by atoms with Gasteiger partial charge in [-0.2, -0.15) is 10.1 Å². The fourth-order valence-corrected chi connectivity index (χ4v) is 3.31. The molecule has 0 saturated heterocycles. The second-order valence-corrected chi connectivity index (χ2v) is 6.87. The molecule has 0 unspecified atom stereocenters. The van der Waals surface area contributed by atoms with Gasteiger partial charge in [0.25, 0.3) is 11.8 Å². The summed E-state index contributed by atoms with van der Waals surface area (Å²) in [5.74, 6) is 1.23. The van der Waals surface area contributed by atoms with Gasteiger partial charge in [-0.25, -0.2) is 9.67 Å². The van der Waals surface area contributed by atoms with Crippen LogP contribution in [0.15, 0.2) is 46.6 Å². The van der Waals surface area contributed by atoms with E-state index in [0.29, 0.717) is 40.9 Å². The van der Waals surface area contributed by atoms with Crippen molar-refractivity contribution in [3.8, 4) is 17.3 Å². The van der Waals surface area contributed by atoms with E-state index in [-0.39, 0.29) is 5.91 Å². The second-order valence-electron chi connectivity index (χ2n) is 5.84. The van der Waals surface area contributed by atoms with Crippen LogP contribution in [0.2, 0.25) is 0 Å². The number of hydrogen-bond acceptors (Lipinski definition) is 7. The lowest BCUT2D eigenvalue weighted by Gasteiger charge is -2.08. The van der Waals surface area contributed by atoms with Gasteiger partial charge in [-0.05, 0) is 37.4 Å². The lowest BCUT2D eigenvalue weighted by molar-refractivity contribution is 0.0950. The predicted octanol–water partition coefficient (Wildman–Crippen LogP) is 2.93. The summed E-state index contributed by atoms with van der Waals surface area (Å²) in [5, 5.41) is 13.1. The van der Waals surface area contributed by atoms with Crippen LogP contribution in [-0.4, -0.2) is 30.8 Å². The van der Waals surface area contributed by atoms with Crippen molar-refractivity contribution in [3.63, 3.8) is 0 Å². The zero-order valence-electron chi connectivity index (χ0n) is 14.7. The molecular formula is C18H16N6O2S. The fraction of sp³-hybridized carbons (Fsp3) is 0.167. The van der Waals surface area contributed by atoms with Crippen molar-refractivity contribution in [2.45, 2.75) is 20.4 Å². The molecule has 4 heterocycles. The Hall–Kier alpha value is -3.33. The van der Waals surface area contributed by atoms with Crippen molar-refractivity contribution in [3.05, 3.63) is 64.0 Å². The molecule has 0 saturated carbocycles. The number of pyridine rings is 1. The largest absolute Gasteiger partial charge is 0.347 e. The minimum Gasteiger partial charge on any atom is -0.347 e. The Morgan fingerprint density at radius 2 is 2.19 bits per heavy atom. The lowest BCUT2D eigenvalue weighted by Crippen LogP contribution is -2.22. The van der Waals surface area contributed by atoms with Gasteiger partial charge in [0.05, 0.1) is 29.6 Å². The summed E-state index contributed by atoms with van der Waals surface area (Å²) in [6.07, 6.45) is 3.19. The van der Waals surface area contributed by atoms with E-state index in [0.717, 1.165) is 4.88 Å². The first-order valence-electron chi connectivity index (χ1n) is 8.25. The van der Waals surface area contributed by atoms with Crippen LogP contribution in [0.5, 0.6) is 0 Å². The van der Waals surface area contributed by atoms with Crippen LogP contribution in [0.4, 0.5) is 0 Å². The molecule has 0 aliphatic carbocycles. The van der Waals surface area contributed by atoms with Crippen LogP contribution in [0.1, 0.15) is 26.8 Å². The smallest absolute Gasteiger partial charge is 0.261 e. The molecule has 136 valence electrons. The highest BCUT2D eigenvalue weighted by molar-refractivity contribution is 7.09. The first kappa shape index (κ1) is 17.1. The number of rotatable bonds is 5. The van der Waals surface area contributed by atoms with Crippen molar-refractivity contribution in [1.82, 2.24) is 30.2 Å². The SMILES string of the molecule is Cc1noc(-c2cccnc2-n2ncc(C(=O)NCc3cccs3)c2C)n1. The molecule has 0 radical (unpaired) electrons. The number of nitrogens with one attached hydrogen (secondary N) is 1. The Balaban J connectivity index is 1.64. The fourth-order valence-electron chi connectivity index (χ4n) is 2.66. The first-order chi connectivity index (χ1) is 13.1. The molecular weight excluding hydrogens is 364 g/mol. The normalized spacial score (nSPS) is 10.9. The number of carbonyl (C=O) groups excluding carboxylic acids is 1. The number of carbonyl (C=O) groups is 1. The van der Waals surface area contributed by atoms with E-state index in [4.69, 9.17) is 4.52 Å². The summed E-state index contributed by atoms with van der Waals surface area (Å²) in [6.45, 7) is 4.06. The molecule has 4 aromatic heterocycles. The lowest BCUT2D eigenvalue weighted by atomic mass is 10.2. The molecule has 0 aliphatic rings. The average Bonchev–Trinajstić information content (AvgIpc) is 3.41. The minimum atomic E-state index is -0.182. The summed E-state index contributed by atoms with van der Waals surface area (Å²) in [4.78, 5) is 22.3. The van der Waals surface area contributed by atoms with Gasteiger partial charge < -0.3 is 9.84 Å². The van der Waals surface area contributed by atoms with E-state index < -0.39 is 0 Å². The van der Waals surface area contributed by atoms with Crippen LogP contribution in [0, 0.1) is 13.8 Å². The molecule has 0 bridgehead atoms. The first-order valence-corrected chi connectivity index (χ1v) is 9.12. The van der Waals surface area contributed by atoms with Gasteiger partial charge in [-0.1, -0.05) is 11.2 Å². The maximum atomic E-state index is 12.5. The standard InChI is InChI=1S/C18H16N6O2S/c1-11-15(17(25)20-9-13-5-4-8-27-13)10-21-24(11)16-14(6-3-7-19-16)18-22-12(2)23-26-18/h3-8,10H,9H2,1-2H3,(H,20,25). The van der Waals surface area contributed by atoms with E-state index in [1.165, 1.54) is 6.20 Å². The molecule has 4 rings (SSSR count). The maximum absolute atomic E-state index is 12.5. The number of nitrogens with zero attached hydrogens (tertiary/aromatic N) is 5. The maximum Gasteiger partial charge on any atom is 0.261 e. The summed E-state index contributed by atoms with van der Waals surface area (Å²) >= 11 is 1.60. The zero-order valence-corrected chi connectivity index (χ0v) is 15.5. The Morgan fingerprint density at radius 3 is 2.93 bits per heavy atom. The Bertz CT molecular complexity index is 1080. The molecule has 1 amide bonds. The molecule has 27 heavy (non-hydrogen) atoms. The van der Waals surface area contributed by atoms with Gasteiger partial charge in [-0.15, -0.1) is 11.3 Å². The molecule has 8 nitrogen and oxygen atoms in total. The number of thiophene rings is 1. The highest BCUT2D eigenvalue weighted by Crippen LogP contribution is 2.24. The second kappa shape index (κ2) is 7.12. The molecule has 4 aromatic rings. The van der Waals surface area contributed by atoms with Crippen molar-refractivity contribution in [2.24, 2.45) is 0 Å².